The van der Waals surface area contributed by atoms with E-state index in [2.05, 4.69) is 0 Å². The minimum atomic E-state index is -4.12. The van der Waals surface area contributed by atoms with Gasteiger partial charge in [-0.1, -0.05) is 11.6 Å². The lowest BCUT2D eigenvalue weighted by molar-refractivity contribution is -0.139. The molecule has 2 aromatic carbocycles. The Morgan fingerprint density at radius 1 is 0.969 bits per heavy atom. The highest BCUT2D eigenvalue weighted by Crippen LogP contribution is 2.49. The van der Waals surface area contributed by atoms with Gasteiger partial charge in [0.25, 0.3) is 0 Å². The minimum Gasteiger partial charge on any atom is -0.282 e. The molecule has 2 amide bonds. The Morgan fingerprint density at radius 3 is 2.16 bits per heavy atom. The molecule has 170 valence electrons. The number of amides is 2. The van der Waals surface area contributed by atoms with Gasteiger partial charge in [0.05, 0.1) is 4.90 Å². The third-order valence-electron chi connectivity index (χ3n) is 6.57. The molecule has 1 heterocycles. The number of imide groups is 1. The summed E-state index contributed by atoms with van der Waals surface area (Å²) >= 11 is 5.90. The van der Waals surface area contributed by atoms with Crippen molar-refractivity contribution in [2.24, 2.45) is 5.92 Å². The molecule has 0 radical (unpaired) electrons. The van der Waals surface area contributed by atoms with Crippen LogP contribution in [0.2, 0.25) is 5.02 Å². The molecule has 1 saturated heterocycles. The van der Waals surface area contributed by atoms with Crippen LogP contribution < -0.4 is 0 Å². The van der Waals surface area contributed by atoms with Crippen molar-refractivity contribution >= 4 is 33.3 Å². The molecule has 0 bridgehead atoms. The quantitative estimate of drug-likeness (QED) is 0.584. The lowest BCUT2D eigenvalue weighted by atomic mass is 9.77. The first-order valence-corrected chi connectivity index (χ1v) is 12.3. The number of hydrogen-bond acceptors (Lipinski definition) is 4. The lowest BCUT2D eigenvalue weighted by Gasteiger charge is -2.40. The molecule has 0 unspecified atom stereocenters. The Balaban J connectivity index is 1.70. The van der Waals surface area contributed by atoms with Crippen LogP contribution in [-0.4, -0.2) is 31.7 Å². The topological polar surface area (TPSA) is 71.5 Å². The summed E-state index contributed by atoms with van der Waals surface area (Å²) in [5.74, 6) is -2.06. The molecule has 4 rings (SSSR count). The summed E-state index contributed by atoms with van der Waals surface area (Å²) in [6.45, 7) is 0.223. The summed E-state index contributed by atoms with van der Waals surface area (Å²) in [5, 5.41) is 0.360. The summed E-state index contributed by atoms with van der Waals surface area (Å²) < 4.78 is 54.9. The summed E-state index contributed by atoms with van der Waals surface area (Å²) in [6, 6.07) is 8.47. The maximum atomic E-state index is 14.9. The van der Waals surface area contributed by atoms with Gasteiger partial charge >= 0.3 is 0 Å². The van der Waals surface area contributed by atoms with Crippen LogP contribution in [0.25, 0.3) is 0 Å². The average molecular weight is 482 g/mol. The fraction of sp³-hybridized carbons (Fsp3) is 0.391. The van der Waals surface area contributed by atoms with Crippen molar-refractivity contribution in [3.8, 4) is 0 Å². The van der Waals surface area contributed by atoms with Crippen LogP contribution in [0.1, 0.15) is 44.1 Å². The first kappa shape index (κ1) is 22.9. The molecule has 2 aromatic rings. The van der Waals surface area contributed by atoms with Crippen molar-refractivity contribution in [2.75, 3.05) is 6.54 Å². The molecule has 5 nitrogen and oxygen atoms in total. The Kier molecular flexibility index (Phi) is 6.11. The van der Waals surface area contributed by atoms with Gasteiger partial charge in [0, 0.05) is 30.0 Å². The molecule has 2 fully saturated rings. The van der Waals surface area contributed by atoms with E-state index in [-0.39, 0.29) is 60.4 Å². The minimum absolute atomic E-state index is 0.0195. The third kappa shape index (κ3) is 3.94. The van der Waals surface area contributed by atoms with Crippen molar-refractivity contribution in [1.82, 2.24) is 4.90 Å². The number of rotatable bonds is 5. The van der Waals surface area contributed by atoms with Crippen molar-refractivity contribution in [1.29, 1.82) is 0 Å². The van der Waals surface area contributed by atoms with E-state index in [9.17, 15) is 26.8 Å². The highest BCUT2D eigenvalue weighted by Gasteiger charge is 2.50. The zero-order valence-corrected chi connectivity index (χ0v) is 18.8. The number of nitrogens with zero attached hydrogens (tertiary/aromatic N) is 1. The second kappa shape index (κ2) is 8.56. The van der Waals surface area contributed by atoms with Crippen LogP contribution in [0, 0.1) is 17.6 Å². The van der Waals surface area contributed by atoms with Gasteiger partial charge in [-0.2, -0.15) is 0 Å². The molecule has 0 N–H and O–H groups in total. The normalized spacial score (nSPS) is 24.2. The monoisotopic (exact) mass is 481 g/mol. The van der Waals surface area contributed by atoms with E-state index in [1.165, 1.54) is 29.2 Å². The van der Waals surface area contributed by atoms with Crippen LogP contribution in [0.5, 0.6) is 0 Å². The zero-order valence-electron chi connectivity index (χ0n) is 17.2. The molecule has 1 aliphatic carbocycles. The number of likely N-dealkylation sites (tertiary alicyclic amines) is 1. The van der Waals surface area contributed by atoms with Crippen molar-refractivity contribution in [2.45, 2.75) is 48.2 Å². The first-order valence-electron chi connectivity index (χ1n) is 10.4. The summed E-state index contributed by atoms with van der Waals surface area (Å²) in [5.41, 5.74) is -0.195. The second-order valence-corrected chi connectivity index (χ2v) is 11.1. The number of benzene rings is 2. The van der Waals surface area contributed by atoms with Gasteiger partial charge in [-0.3, -0.25) is 14.5 Å². The highest BCUT2D eigenvalue weighted by atomic mass is 35.5. The molecule has 1 aliphatic heterocycles. The van der Waals surface area contributed by atoms with Gasteiger partial charge in [-0.15, -0.1) is 0 Å². The van der Waals surface area contributed by atoms with Gasteiger partial charge in [0.2, 0.25) is 11.8 Å². The van der Waals surface area contributed by atoms with Crippen LogP contribution in [-0.2, 0) is 24.2 Å². The van der Waals surface area contributed by atoms with Gasteiger partial charge in [-0.05, 0) is 74.1 Å². The molecular formula is C23H22ClF2NO4S. The Morgan fingerprint density at radius 2 is 1.56 bits per heavy atom. The van der Waals surface area contributed by atoms with E-state index < -0.39 is 26.2 Å². The number of carbonyl (C=O) groups excluding carboxylic acids is 2. The van der Waals surface area contributed by atoms with Crippen molar-refractivity contribution < 1.29 is 26.8 Å². The average Bonchev–Trinajstić information content (AvgIpc) is 3.08. The third-order valence-corrected chi connectivity index (χ3v) is 9.37. The highest BCUT2D eigenvalue weighted by molar-refractivity contribution is 7.92. The second-order valence-electron chi connectivity index (χ2n) is 8.42. The lowest BCUT2D eigenvalue weighted by Crippen LogP contribution is -2.43. The molecule has 0 aromatic heterocycles. The van der Waals surface area contributed by atoms with E-state index in [0.29, 0.717) is 17.9 Å². The van der Waals surface area contributed by atoms with Crippen molar-refractivity contribution in [3.63, 3.8) is 0 Å². The van der Waals surface area contributed by atoms with Crippen LogP contribution in [0.3, 0.4) is 0 Å². The van der Waals surface area contributed by atoms with Crippen LogP contribution >= 0.6 is 11.6 Å². The van der Waals surface area contributed by atoms with Gasteiger partial charge < -0.3 is 0 Å². The van der Waals surface area contributed by atoms with E-state index in [4.69, 9.17) is 11.6 Å². The van der Waals surface area contributed by atoms with Gasteiger partial charge in [0.15, 0.2) is 9.84 Å². The van der Waals surface area contributed by atoms with Crippen LogP contribution in [0.4, 0.5) is 8.78 Å². The maximum absolute atomic E-state index is 14.9. The largest absolute Gasteiger partial charge is 0.282 e. The predicted molar refractivity (Wildman–Crippen MR) is 115 cm³/mol. The van der Waals surface area contributed by atoms with E-state index >= 15 is 0 Å². The van der Waals surface area contributed by atoms with Crippen LogP contribution in [0.15, 0.2) is 47.4 Å². The molecule has 0 spiro atoms. The Labute approximate surface area is 190 Å². The molecule has 9 heteroatoms. The summed E-state index contributed by atoms with van der Waals surface area (Å²) in [4.78, 5) is 25.1. The molecule has 1 saturated carbocycles. The molecule has 32 heavy (non-hydrogen) atoms. The summed E-state index contributed by atoms with van der Waals surface area (Å²) in [6.07, 6.45) is 1.15. The van der Waals surface area contributed by atoms with Gasteiger partial charge in [-0.25, -0.2) is 17.2 Å². The number of hydrogen-bond donors (Lipinski definition) is 0. The Bertz CT molecular complexity index is 1140. The molecule has 0 atom stereocenters. The van der Waals surface area contributed by atoms with Gasteiger partial charge in [0.1, 0.15) is 16.4 Å². The molecule has 2 aliphatic rings. The number of carbonyl (C=O) groups is 2. The smallest absolute Gasteiger partial charge is 0.229 e. The first-order chi connectivity index (χ1) is 15.1. The number of sulfone groups is 1. The predicted octanol–water partition coefficient (Wildman–Crippen LogP) is 4.63. The fourth-order valence-electron chi connectivity index (χ4n) is 4.78. The standard InChI is InChI=1S/C23H22ClF2NO4S/c24-16-1-4-18(5-2-16)32(30,31)23(19-13-17(25)3-6-20(19)26)11-9-15(10-12-23)14-27-21(28)7-8-22(27)29/h1-6,13,15H,7-12,14H2. The van der Waals surface area contributed by atoms with Crippen molar-refractivity contribution in [3.05, 3.63) is 64.7 Å². The summed E-state index contributed by atoms with van der Waals surface area (Å²) in [7, 11) is -4.12. The molecular weight excluding hydrogens is 460 g/mol. The SMILES string of the molecule is O=C1CCC(=O)N1CC1CCC(c2cc(F)ccc2F)(S(=O)(=O)c2ccc(Cl)cc2)CC1. The van der Waals surface area contributed by atoms with E-state index in [1.807, 2.05) is 0 Å². The van der Waals surface area contributed by atoms with E-state index in [0.717, 1.165) is 18.2 Å². The van der Waals surface area contributed by atoms with E-state index in [1.54, 1.807) is 0 Å². The zero-order chi connectivity index (χ0) is 23.1. The fourth-order valence-corrected chi connectivity index (χ4v) is 7.07. The maximum Gasteiger partial charge on any atom is 0.229 e. The number of halogens is 3. The Hall–Kier alpha value is -2.32.